The van der Waals surface area contributed by atoms with Gasteiger partial charge in [0.05, 0.1) is 0 Å². The number of nitrogens with one attached hydrogen (secondary N) is 2. The molecular weight excluding hydrogens is 485 g/mol. The summed E-state index contributed by atoms with van der Waals surface area (Å²) in [6.07, 6.45) is 2.29. The van der Waals surface area contributed by atoms with E-state index in [1.54, 1.807) is 0 Å². The maximum Gasteiger partial charge on any atom is 0.191 e. The number of guanidine groups is 1. The molecule has 30 heavy (non-hydrogen) atoms. The molecule has 0 radical (unpaired) electrons. The lowest BCUT2D eigenvalue weighted by atomic mass is 10.0. The molecule has 6 heteroatoms. The summed E-state index contributed by atoms with van der Waals surface area (Å²) in [5, 5.41) is 7.06. The average molecular weight is 521 g/mol. The fraction of sp³-hybridized carbons (Fsp3) is 0.458. The number of rotatable bonds is 7. The Balaban J connectivity index is 0.00000320. The van der Waals surface area contributed by atoms with Gasteiger partial charge in [0.15, 0.2) is 5.96 Å². The van der Waals surface area contributed by atoms with Crippen molar-refractivity contribution in [3.05, 3.63) is 71.3 Å². The van der Waals surface area contributed by atoms with E-state index in [0.29, 0.717) is 6.04 Å². The van der Waals surface area contributed by atoms with Crippen LogP contribution in [0.15, 0.2) is 59.6 Å². The van der Waals surface area contributed by atoms with Crippen LogP contribution in [-0.4, -0.2) is 56.0 Å². The van der Waals surface area contributed by atoms with Crippen molar-refractivity contribution in [2.75, 3.05) is 34.2 Å². The number of hydrogen-bond donors (Lipinski definition) is 2. The summed E-state index contributed by atoms with van der Waals surface area (Å²) in [4.78, 5) is 9.14. The van der Waals surface area contributed by atoms with E-state index in [0.717, 1.165) is 51.5 Å². The van der Waals surface area contributed by atoms with Gasteiger partial charge in [0.2, 0.25) is 0 Å². The third-order valence-corrected chi connectivity index (χ3v) is 5.38. The van der Waals surface area contributed by atoms with E-state index in [1.165, 1.54) is 16.7 Å². The fourth-order valence-corrected chi connectivity index (χ4v) is 3.78. The molecule has 1 heterocycles. The zero-order valence-corrected chi connectivity index (χ0v) is 20.8. The van der Waals surface area contributed by atoms with Gasteiger partial charge >= 0.3 is 0 Å². The van der Waals surface area contributed by atoms with Crippen molar-refractivity contribution in [2.24, 2.45) is 4.99 Å². The van der Waals surface area contributed by atoms with Gasteiger partial charge in [-0.05, 0) is 43.6 Å². The highest BCUT2D eigenvalue weighted by atomic mass is 127. The summed E-state index contributed by atoms with van der Waals surface area (Å²) in [5.41, 5.74) is 4.00. The third-order valence-electron chi connectivity index (χ3n) is 5.38. The van der Waals surface area contributed by atoms with Crippen molar-refractivity contribution in [3.8, 4) is 0 Å². The summed E-state index contributed by atoms with van der Waals surface area (Å²) >= 11 is 0. The highest BCUT2D eigenvalue weighted by molar-refractivity contribution is 14.0. The second-order valence-corrected chi connectivity index (χ2v) is 8.16. The first-order valence-corrected chi connectivity index (χ1v) is 10.6. The van der Waals surface area contributed by atoms with Crippen LogP contribution in [-0.2, 0) is 19.6 Å². The zero-order chi connectivity index (χ0) is 20.5. The van der Waals surface area contributed by atoms with E-state index in [4.69, 9.17) is 0 Å². The van der Waals surface area contributed by atoms with Gasteiger partial charge in [-0.3, -0.25) is 9.89 Å². The van der Waals surface area contributed by atoms with Crippen molar-refractivity contribution in [1.29, 1.82) is 0 Å². The van der Waals surface area contributed by atoms with Crippen molar-refractivity contribution >= 4 is 29.9 Å². The number of halogens is 1. The molecule has 0 bridgehead atoms. The standard InChI is InChI=1S/C24H35N5.HI/c1-25-24(26-17-20-9-11-22(12-10-20)18-28(2)3)27-23-13-15-29(16-14-23)19-21-7-5-4-6-8-21;/h4-12,23H,13-19H2,1-3H3,(H2,25,26,27);1H. The summed E-state index contributed by atoms with van der Waals surface area (Å²) in [5.74, 6) is 0.892. The molecule has 0 unspecified atom stereocenters. The predicted molar refractivity (Wildman–Crippen MR) is 137 cm³/mol. The van der Waals surface area contributed by atoms with Crippen molar-refractivity contribution < 1.29 is 0 Å². The molecule has 1 fully saturated rings. The lowest BCUT2D eigenvalue weighted by Gasteiger charge is -2.33. The molecule has 2 N–H and O–H groups in total. The SMILES string of the molecule is CN=C(NCc1ccc(CN(C)C)cc1)NC1CCN(Cc2ccccc2)CC1.I. The molecule has 164 valence electrons. The molecule has 0 saturated carbocycles. The van der Waals surface area contributed by atoms with E-state index in [2.05, 4.69) is 94.1 Å². The van der Waals surface area contributed by atoms with Crippen LogP contribution in [0.5, 0.6) is 0 Å². The van der Waals surface area contributed by atoms with Crippen LogP contribution in [0, 0.1) is 0 Å². The van der Waals surface area contributed by atoms with Gasteiger partial charge in [0.25, 0.3) is 0 Å². The van der Waals surface area contributed by atoms with E-state index in [1.807, 2.05) is 7.05 Å². The Hall–Kier alpha value is -1.64. The van der Waals surface area contributed by atoms with Gasteiger partial charge in [-0.1, -0.05) is 54.6 Å². The number of nitrogens with zero attached hydrogens (tertiary/aromatic N) is 3. The molecule has 5 nitrogen and oxygen atoms in total. The Morgan fingerprint density at radius 1 is 0.967 bits per heavy atom. The maximum absolute atomic E-state index is 4.42. The lowest BCUT2D eigenvalue weighted by Crippen LogP contribution is -2.48. The van der Waals surface area contributed by atoms with Crippen molar-refractivity contribution in [1.82, 2.24) is 20.4 Å². The Morgan fingerprint density at radius 2 is 1.60 bits per heavy atom. The molecule has 1 aliphatic rings. The lowest BCUT2D eigenvalue weighted by molar-refractivity contribution is 0.198. The van der Waals surface area contributed by atoms with E-state index in [9.17, 15) is 0 Å². The summed E-state index contributed by atoms with van der Waals surface area (Å²) in [6, 6.07) is 20.0. The van der Waals surface area contributed by atoms with E-state index < -0.39 is 0 Å². The average Bonchev–Trinajstić information content (AvgIpc) is 2.74. The minimum Gasteiger partial charge on any atom is -0.354 e. The monoisotopic (exact) mass is 521 g/mol. The predicted octanol–water partition coefficient (Wildman–Crippen LogP) is 3.70. The molecule has 2 aromatic rings. The Morgan fingerprint density at radius 3 is 2.20 bits per heavy atom. The minimum absolute atomic E-state index is 0. The van der Waals surface area contributed by atoms with Crippen LogP contribution in [0.3, 0.4) is 0 Å². The second-order valence-electron chi connectivity index (χ2n) is 8.16. The van der Waals surface area contributed by atoms with Crippen LogP contribution in [0.4, 0.5) is 0 Å². The molecule has 2 aromatic carbocycles. The molecule has 1 aliphatic heterocycles. The van der Waals surface area contributed by atoms with Gasteiger partial charge in [-0.25, -0.2) is 0 Å². The normalized spacial score (nSPS) is 15.7. The van der Waals surface area contributed by atoms with E-state index in [-0.39, 0.29) is 24.0 Å². The zero-order valence-electron chi connectivity index (χ0n) is 18.5. The summed E-state index contributed by atoms with van der Waals surface area (Å²) in [6.45, 7) is 5.05. The van der Waals surface area contributed by atoms with Crippen molar-refractivity contribution in [3.63, 3.8) is 0 Å². The van der Waals surface area contributed by atoms with Gasteiger partial charge in [-0.2, -0.15) is 0 Å². The van der Waals surface area contributed by atoms with Gasteiger partial charge in [0, 0.05) is 45.8 Å². The smallest absolute Gasteiger partial charge is 0.191 e. The largest absolute Gasteiger partial charge is 0.354 e. The summed E-state index contributed by atoms with van der Waals surface area (Å²) < 4.78 is 0. The van der Waals surface area contributed by atoms with Crippen LogP contribution < -0.4 is 10.6 Å². The molecule has 3 rings (SSSR count). The first-order valence-electron chi connectivity index (χ1n) is 10.6. The topological polar surface area (TPSA) is 42.9 Å². The molecule has 0 spiro atoms. The molecule has 0 amide bonds. The van der Waals surface area contributed by atoms with Crippen LogP contribution in [0.1, 0.15) is 29.5 Å². The number of benzene rings is 2. The number of hydrogen-bond acceptors (Lipinski definition) is 3. The second kappa shape index (κ2) is 12.9. The Labute approximate surface area is 199 Å². The van der Waals surface area contributed by atoms with Crippen LogP contribution >= 0.6 is 24.0 Å². The quantitative estimate of drug-likeness (QED) is 0.332. The first-order chi connectivity index (χ1) is 14.1. The Kier molecular flexibility index (Phi) is 10.6. The molecule has 1 saturated heterocycles. The molecule has 0 atom stereocenters. The third kappa shape index (κ3) is 8.24. The summed E-state index contributed by atoms with van der Waals surface area (Å²) in [7, 11) is 6.04. The fourth-order valence-electron chi connectivity index (χ4n) is 3.78. The number of aliphatic imine (C=N–C) groups is 1. The van der Waals surface area contributed by atoms with Crippen LogP contribution in [0.25, 0.3) is 0 Å². The highest BCUT2D eigenvalue weighted by Gasteiger charge is 2.20. The van der Waals surface area contributed by atoms with E-state index >= 15 is 0 Å². The maximum atomic E-state index is 4.42. The Bertz CT molecular complexity index is 753. The molecular formula is C24H36IN5. The van der Waals surface area contributed by atoms with Gasteiger partial charge in [0.1, 0.15) is 0 Å². The van der Waals surface area contributed by atoms with Gasteiger partial charge < -0.3 is 15.5 Å². The van der Waals surface area contributed by atoms with Crippen LogP contribution in [0.2, 0.25) is 0 Å². The van der Waals surface area contributed by atoms with Gasteiger partial charge in [-0.15, -0.1) is 24.0 Å². The first kappa shape index (κ1) is 24.6. The number of piperidine rings is 1. The minimum atomic E-state index is 0. The molecule has 0 aromatic heterocycles. The highest BCUT2D eigenvalue weighted by Crippen LogP contribution is 2.14. The number of likely N-dealkylation sites (tertiary alicyclic amines) is 1. The molecule has 0 aliphatic carbocycles. The van der Waals surface area contributed by atoms with Crippen molar-refractivity contribution in [2.45, 2.75) is 38.5 Å².